The highest BCUT2D eigenvalue weighted by Gasteiger charge is 2.22. The summed E-state index contributed by atoms with van der Waals surface area (Å²) in [7, 11) is 0.678. The minimum atomic E-state index is -3.66. The Morgan fingerprint density at radius 1 is 1.11 bits per heavy atom. The average molecular weight is 401 g/mol. The van der Waals surface area contributed by atoms with E-state index in [1.807, 2.05) is 12.1 Å². The number of nitrogens with zero attached hydrogens (tertiary/aromatic N) is 1. The molecule has 1 amide bonds. The molecule has 0 spiro atoms. The molecule has 1 aliphatic carbocycles. The third-order valence-corrected chi connectivity index (χ3v) is 6.58. The van der Waals surface area contributed by atoms with Crippen LogP contribution >= 0.6 is 0 Å². The highest BCUT2D eigenvalue weighted by atomic mass is 32.2. The van der Waals surface area contributed by atoms with Crippen molar-refractivity contribution >= 4 is 27.7 Å². The van der Waals surface area contributed by atoms with Gasteiger partial charge in [0.15, 0.2) is 0 Å². The van der Waals surface area contributed by atoms with Gasteiger partial charge in [-0.25, -0.2) is 12.7 Å². The van der Waals surface area contributed by atoms with Crippen molar-refractivity contribution in [3.63, 3.8) is 0 Å². The topological polar surface area (TPSA) is 75.7 Å². The van der Waals surface area contributed by atoms with Gasteiger partial charge in [-0.2, -0.15) is 0 Å². The van der Waals surface area contributed by atoms with Crippen molar-refractivity contribution in [2.75, 3.05) is 26.5 Å². The minimum absolute atomic E-state index is 0.0566. The lowest BCUT2D eigenvalue weighted by molar-refractivity contribution is -0.111. The van der Waals surface area contributed by atoms with Gasteiger partial charge in [-0.05, 0) is 66.3 Å². The molecule has 148 valence electrons. The van der Waals surface area contributed by atoms with E-state index in [0.717, 1.165) is 29.3 Å². The number of hydrogen-bond donors (Lipinski definition) is 1. The van der Waals surface area contributed by atoms with Crippen LogP contribution in [0.15, 0.2) is 47.4 Å². The number of aryl methyl sites for hydroxylation is 2. The fraction of sp³-hybridized carbons (Fsp3) is 0.286. The molecular formula is C21H24N2O4S. The molecule has 2 aromatic rings. The van der Waals surface area contributed by atoms with Crippen LogP contribution in [-0.2, 0) is 27.7 Å². The second-order valence-electron chi connectivity index (χ2n) is 6.86. The molecule has 28 heavy (non-hydrogen) atoms. The van der Waals surface area contributed by atoms with Crippen LogP contribution in [0.3, 0.4) is 0 Å². The predicted octanol–water partition coefficient (Wildman–Crippen LogP) is 3.09. The van der Waals surface area contributed by atoms with Crippen LogP contribution in [0.25, 0.3) is 6.08 Å². The normalized spacial score (nSPS) is 13.7. The third kappa shape index (κ3) is 4.26. The Morgan fingerprint density at radius 2 is 1.86 bits per heavy atom. The highest BCUT2D eigenvalue weighted by Crippen LogP contribution is 2.27. The summed E-state index contributed by atoms with van der Waals surface area (Å²) in [5, 5.41) is 2.85. The van der Waals surface area contributed by atoms with Gasteiger partial charge < -0.3 is 10.1 Å². The Kier molecular flexibility index (Phi) is 5.86. The number of anilines is 1. The van der Waals surface area contributed by atoms with Crippen LogP contribution in [0.2, 0.25) is 0 Å². The van der Waals surface area contributed by atoms with Gasteiger partial charge in [0.25, 0.3) is 0 Å². The van der Waals surface area contributed by atoms with E-state index in [9.17, 15) is 13.2 Å². The first kappa shape index (κ1) is 20.1. The largest absolute Gasteiger partial charge is 0.495 e. The van der Waals surface area contributed by atoms with Crippen molar-refractivity contribution < 1.29 is 17.9 Å². The van der Waals surface area contributed by atoms with Crippen LogP contribution in [0.1, 0.15) is 23.1 Å². The zero-order chi connectivity index (χ0) is 20.3. The molecule has 2 aromatic carbocycles. The Hall–Kier alpha value is -2.64. The zero-order valence-electron chi connectivity index (χ0n) is 16.2. The quantitative estimate of drug-likeness (QED) is 0.756. The fourth-order valence-corrected chi connectivity index (χ4v) is 4.28. The van der Waals surface area contributed by atoms with Gasteiger partial charge in [0.2, 0.25) is 15.9 Å². The molecule has 7 heteroatoms. The smallest absolute Gasteiger partial charge is 0.248 e. The lowest BCUT2D eigenvalue weighted by Crippen LogP contribution is -2.22. The Balaban J connectivity index is 1.77. The van der Waals surface area contributed by atoms with Gasteiger partial charge in [-0.1, -0.05) is 12.1 Å². The molecule has 0 bridgehead atoms. The van der Waals surface area contributed by atoms with Crippen molar-refractivity contribution in [1.29, 1.82) is 0 Å². The molecule has 3 rings (SSSR count). The second-order valence-corrected chi connectivity index (χ2v) is 8.98. The highest BCUT2D eigenvalue weighted by molar-refractivity contribution is 7.89. The molecular weight excluding hydrogens is 376 g/mol. The summed E-state index contributed by atoms with van der Waals surface area (Å²) in [6, 6.07) is 10.8. The second kappa shape index (κ2) is 8.16. The van der Waals surface area contributed by atoms with E-state index in [4.69, 9.17) is 4.74 Å². The summed E-state index contributed by atoms with van der Waals surface area (Å²) in [5.74, 6) is -0.0146. The standard InChI is InChI=1S/C21H24N2O4S/c1-23(2)28(25,26)20-13-15(7-11-19(20)27-3)8-12-21(24)22-18-10-9-16-5-4-6-17(16)14-18/h7-14H,4-6H2,1-3H3,(H,22,24)/b12-8+. The molecule has 0 radical (unpaired) electrons. The lowest BCUT2D eigenvalue weighted by atomic mass is 10.1. The van der Waals surface area contributed by atoms with Gasteiger partial charge in [0.05, 0.1) is 7.11 Å². The van der Waals surface area contributed by atoms with Crippen LogP contribution in [0.5, 0.6) is 5.75 Å². The molecule has 0 fully saturated rings. The van der Waals surface area contributed by atoms with Crippen molar-refractivity contribution in [1.82, 2.24) is 4.31 Å². The summed E-state index contributed by atoms with van der Waals surface area (Å²) >= 11 is 0. The number of benzene rings is 2. The van der Waals surface area contributed by atoms with Crippen LogP contribution in [-0.4, -0.2) is 39.8 Å². The summed E-state index contributed by atoms with van der Waals surface area (Å²) in [6.07, 6.45) is 6.27. The van der Waals surface area contributed by atoms with Crippen LogP contribution in [0.4, 0.5) is 5.69 Å². The van der Waals surface area contributed by atoms with Gasteiger partial charge in [0.1, 0.15) is 10.6 Å². The molecule has 0 aromatic heterocycles. The summed E-state index contributed by atoms with van der Waals surface area (Å²) in [4.78, 5) is 12.3. The maximum Gasteiger partial charge on any atom is 0.248 e. The first-order chi connectivity index (χ1) is 13.3. The van der Waals surface area contributed by atoms with Crippen molar-refractivity contribution in [3.05, 3.63) is 59.2 Å². The van der Waals surface area contributed by atoms with Gasteiger partial charge in [-0.3, -0.25) is 4.79 Å². The molecule has 0 saturated heterocycles. The number of methoxy groups -OCH3 is 1. The first-order valence-electron chi connectivity index (χ1n) is 9.02. The molecule has 0 atom stereocenters. The molecule has 0 heterocycles. The maximum absolute atomic E-state index is 12.5. The van der Waals surface area contributed by atoms with Gasteiger partial charge in [-0.15, -0.1) is 0 Å². The SMILES string of the molecule is COc1ccc(/C=C/C(=O)Nc2ccc3c(c2)CCC3)cc1S(=O)(=O)N(C)C. The van der Waals surface area contributed by atoms with Crippen molar-refractivity contribution in [2.45, 2.75) is 24.2 Å². The predicted molar refractivity (Wildman–Crippen MR) is 110 cm³/mol. The van der Waals surface area contributed by atoms with Crippen LogP contribution < -0.4 is 10.1 Å². The Labute approximate surface area is 165 Å². The van der Waals surface area contributed by atoms with Gasteiger partial charge >= 0.3 is 0 Å². The number of nitrogens with one attached hydrogen (secondary N) is 1. The van der Waals surface area contributed by atoms with Crippen LogP contribution in [0, 0.1) is 0 Å². The number of hydrogen-bond acceptors (Lipinski definition) is 4. The molecule has 0 aliphatic heterocycles. The number of ether oxygens (including phenoxy) is 1. The average Bonchev–Trinajstić information content (AvgIpc) is 3.13. The Morgan fingerprint density at radius 3 is 2.57 bits per heavy atom. The lowest BCUT2D eigenvalue weighted by Gasteiger charge is -2.15. The van der Waals surface area contributed by atoms with E-state index in [2.05, 4.69) is 11.4 Å². The minimum Gasteiger partial charge on any atom is -0.495 e. The summed E-state index contributed by atoms with van der Waals surface area (Å²) in [6.45, 7) is 0. The zero-order valence-corrected chi connectivity index (χ0v) is 17.0. The number of rotatable bonds is 6. The third-order valence-electron chi connectivity index (χ3n) is 4.74. The molecule has 0 saturated carbocycles. The van der Waals surface area contributed by atoms with E-state index in [0.29, 0.717) is 5.56 Å². The van der Waals surface area contributed by atoms with E-state index >= 15 is 0 Å². The summed E-state index contributed by atoms with van der Waals surface area (Å²) in [5.41, 5.74) is 3.99. The molecule has 1 aliphatic rings. The first-order valence-corrected chi connectivity index (χ1v) is 10.5. The number of fused-ring (bicyclic) bond motifs is 1. The van der Waals surface area contributed by atoms with Crippen molar-refractivity contribution in [2.24, 2.45) is 0 Å². The number of carbonyl (C=O) groups excluding carboxylic acids is 1. The molecule has 0 unspecified atom stereocenters. The molecule has 6 nitrogen and oxygen atoms in total. The van der Waals surface area contributed by atoms with E-state index < -0.39 is 10.0 Å². The van der Waals surface area contributed by atoms with E-state index in [-0.39, 0.29) is 16.6 Å². The maximum atomic E-state index is 12.5. The van der Waals surface area contributed by atoms with Crippen molar-refractivity contribution in [3.8, 4) is 5.75 Å². The number of amides is 1. The fourth-order valence-electron chi connectivity index (χ4n) is 3.20. The van der Waals surface area contributed by atoms with Gasteiger partial charge in [0, 0.05) is 25.9 Å². The van der Waals surface area contributed by atoms with E-state index in [1.165, 1.54) is 44.5 Å². The van der Waals surface area contributed by atoms with E-state index in [1.54, 1.807) is 18.2 Å². The Bertz CT molecular complexity index is 1030. The number of carbonyl (C=O) groups is 1. The summed E-state index contributed by atoms with van der Waals surface area (Å²) < 4.78 is 31.3. The number of sulfonamides is 1. The monoisotopic (exact) mass is 400 g/mol. The molecule has 1 N–H and O–H groups in total.